The van der Waals surface area contributed by atoms with Gasteiger partial charge in [-0.1, -0.05) is 78.4 Å². The number of para-hydroxylation sites is 1. The SMILES string of the molecule is C=C1Cc2ccc(OC(=O)CN[C@@H]3N=C(c4ccccc4)c4ccccc4N(C)C3=O)cc2C[C@H]2CC[C@@H]1[C@H]2NS(=O)(=O)c1ccc(Cl)s1. The molecule has 1 aliphatic heterocycles. The minimum absolute atomic E-state index is 0.0236. The molecule has 0 spiro atoms. The molecule has 0 saturated heterocycles. The second-order valence-corrected chi connectivity index (χ2v) is 16.3. The Morgan fingerprint density at radius 2 is 1.82 bits per heavy atom. The van der Waals surface area contributed by atoms with Crippen LogP contribution in [0.2, 0.25) is 4.34 Å². The van der Waals surface area contributed by atoms with Gasteiger partial charge in [-0.2, -0.15) is 0 Å². The first-order valence-corrected chi connectivity index (χ1v) is 18.8. The molecule has 4 aromatic rings. The average molecular weight is 715 g/mol. The summed E-state index contributed by atoms with van der Waals surface area (Å²) in [6.07, 6.45) is 1.91. The Kier molecular flexibility index (Phi) is 9.29. The number of nitrogens with zero attached hydrogens (tertiary/aromatic N) is 2. The second-order valence-electron chi connectivity index (χ2n) is 12.6. The first-order valence-electron chi connectivity index (χ1n) is 16.1. The molecule has 3 aromatic carbocycles. The maximum atomic E-state index is 13.5. The number of nitrogens with one attached hydrogen (secondary N) is 2. The number of hydrogen-bond acceptors (Lipinski definition) is 8. The van der Waals surface area contributed by atoms with Crippen LogP contribution >= 0.6 is 22.9 Å². The number of carbonyl (C=O) groups is 2. The number of fused-ring (bicyclic) bond motifs is 4. The van der Waals surface area contributed by atoms with Crippen molar-refractivity contribution >= 4 is 56.2 Å². The fourth-order valence-corrected chi connectivity index (χ4v) is 9.99. The van der Waals surface area contributed by atoms with Gasteiger partial charge in [0.1, 0.15) is 9.96 Å². The number of ether oxygens (including phenoxy) is 1. The summed E-state index contributed by atoms with van der Waals surface area (Å²) >= 11 is 7.06. The number of aliphatic imine (C=N–C) groups is 1. The van der Waals surface area contributed by atoms with Crippen molar-refractivity contribution in [2.75, 3.05) is 18.5 Å². The molecular weight excluding hydrogens is 680 g/mol. The zero-order valence-electron chi connectivity index (χ0n) is 26.8. The molecule has 0 unspecified atom stereocenters. The summed E-state index contributed by atoms with van der Waals surface area (Å²) in [6, 6.07) is 25.6. The van der Waals surface area contributed by atoms with Gasteiger partial charge in [0.2, 0.25) is 10.0 Å². The smallest absolute Gasteiger partial charge is 0.325 e. The first-order chi connectivity index (χ1) is 23.6. The maximum absolute atomic E-state index is 13.5. The van der Waals surface area contributed by atoms with E-state index in [1.807, 2.05) is 66.7 Å². The van der Waals surface area contributed by atoms with Gasteiger partial charge in [-0.25, -0.2) is 13.1 Å². The fourth-order valence-electron chi connectivity index (χ4n) is 7.14. The standard InChI is InChI=1S/C37H35ClN4O5S2/c1-22-18-24-12-14-27(20-26(24)19-25-13-15-28(22)35(25)41-49(45,46)33-17-16-31(38)48-33)47-32(43)21-39-36-37(44)42(2)30-11-7-6-10-29(30)34(40-36)23-8-4-3-5-9-23/h3-12,14,16-17,20,25,28,35-36,39,41H,1,13,15,18-19,21H2,2H3/t25-,28+,35+,36-/m1/s1. The predicted molar refractivity (Wildman–Crippen MR) is 192 cm³/mol. The van der Waals surface area contributed by atoms with Crippen molar-refractivity contribution in [3.8, 4) is 5.75 Å². The molecule has 7 rings (SSSR count). The molecule has 9 nitrogen and oxygen atoms in total. The van der Waals surface area contributed by atoms with Gasteiger partial charge in [0, 0.05) is 24.2 Å². The molecule has 49 heavy (non-hydrogen) atoms. The first kappa shape index (κ1) is 33.4. The highest BCUT2D eigenvalue weighted by atomic mass is 35.5. The Morgan fingerprint density at radius 1 is 1.04 bits per heavy atom. The minimum atomic E-state index is -3.75. The molecule has 2 bridgehead atoms. The summed E-state index contributed by atoms with van der Waals surface area (Å²) in [5, 5.41) is 3.01. The van der Waals surface area contributed by atoms with E-state index in [1.54, 1.807) is 24.1 Å². The Hall–Kier alpha value is -4.13. The van der Waals surface area contributed by atoms with E-state index in [4.69, 9.17) is 21.3 Å². The molecule has 252 valence electrons. The van der Waals surface area contributed by atoms with Crippen LogP contribution in [0, 0.1) is 11.8 Å². The summed E-state index contributed by atoms with van der Waals surface area (Å²) in [6.45, 7) is 4.11. The lowest BCUT2D eigenvalue weighted by Crippen LogP contribution is -2.45. The molecule has 4 atom stereocenters. The zero-order valence-corrected chi connectivity index (χ0v) is 29.2. The monoisotopic (exact) mass is 714 g/mol. The Balaban J connectivity index is 1.06. The number of rotatable bonds is 8. The third-order valence-electron chi connectivity index (χ3n) is 9.56. The van der Waals surface area contributed by atoms with Crippen LogP contribution in [0.5, 0.6) is 5.75 Å². The Morgan fingerprint density at radius 3 is 2.59 bits per heavy atom. The molecule has 2 aliphatic carbocycles. The minimum Gasteiger partial charge on any atom is -0.426 e. The molecule has 1 amide bonds. The molecule has 1 fully saturated rings. The van der Waals surface area contributed by atoms with E-state index in [2.05, 4.69) is 16.6 Å². The molecular formula is C37H35ClN4O5S2. The summed E-state index contributed by atoms with van der Waals surface area (Å²) in [5.41, 5.74) is 6.10. The molecule has 2 heterocycles. The number of thiophene rings is 1. The van der Waals surface area contributed by atoms with Crippen LogP contribution in [0.1, 0.15) is 35.1 Å². The largest absolute Gasteiger partial charge is 0.426 e. The van der Waals surface area contributed by atoms with E-state index in [0.717, 1.165) is 57.7 Å². The van der Waals surface area contributed by atoms with E-state index in [1.165, 1.54) is 6.07 Å². The third-order valence-corrected chi connectivity index (χ3v) is 12.7. The quantitative estimate of drug-likeness (QED) is 0.136. The van der Waals surface area contributed by atoms with E-state index in [9.17, 15) is 18.0 Å². The number of amides is 1. The number of likely N-dealkylation sites (N-methyl/N-ethyl adjacent to an activating group) is 1. The lowest BCUT2D eigenvalue weighted by Gasteiger charge is -2.30. The number of hydrogen-bond donors (Lipinski definition) is 2. The second kappa shape index (κ2) is 13.6. The van der Waals surface area contributed by atoms with Crippen LogP contribution in [-0.4, -0.2) is 51.8 Å². The van der Waals surface area contributed by atoms with E-state index < -0.39 is 22.2 Å². The van der Waals surface area contributed by atoms with Gasteiger partial charge in [-0.15, -0.1) is 11.3 Å². The summed E-state index contributed by atoms with van der Waals surface area (Å²) < 4.78 is 35.9. The molecule has 0 radical (unpaired) electrons. The molecule has 2 N–H and O–H groups in total. The Labute approximate surface area is 294 Å². The van der Waals surface area contributed by atoms with E-state index >= 15 is 0 Å². The number of carbonyl (C=O) groups excluding carboxylic acids is 2. The van der Waals surface area contributed by atoms with E-state index in [0.29, 0.717) is 28.6 Å². The van der Waals surface area contributed by atoms with Gasteiger partial charge in [-0.3, -0.25) is 19.9 Å². The van der Waals surface area contributed by atoms with Crippen molar-refractivity contribution in [1.82, 2.24) is 10.0 Å². The number of halogens is 1. The summed E-state index contributed by atoms with van der Waals surface area (Å²) in [4.78, 5) is 33.0. The van der Waals surface area contributed by atoms with Gasteiger partial charge in [0.05, 0.1) is 22.3 Å². The summed E-state index contributed by atoms with van der Waals surface area (Å²) in [5.74, 6) is -0.421. The molecule has 1 saturated carbocycles. The highest BCUT2D eigenvalue weighted by Gasteiger charge is 2.42. The van der Waals surface area contributed by atoms with Crippen molar-refractivity contribution in [3.05, 3.63) is 124 Å². The lowest BCUT2D eigenvalue weighted by atomic mass is 9.81. The van der Waals surface area contributed by atoms with Crippen molar-refractivity contribution in [2.45, 2.75) is 42.1 Å². The van der Waals surface area contributed by atoms with E-state index in [-0.39, 0.29) is 34.5 Å². The predicted octanol–water partition coefficient (Wildman–Crippen LogP) is 5.76. The third kappa shape index (κ3) is 6.86. The Bertz CT molecular complexity index is 2080. The van der Waals surface area contributed by atoms with Crippen molar-refractivity contribution in [1.29, 1.82) is 0 Å². The normalized spacial score (nSPS) is 22.0. The van der Waals surface area contributed by atoms with Crippen molar-refractivity contribution < 1.29 is 22.7 Å². The van der Waals surface area contributed by atoms with Crippen molar-refractivity contribution in [2.24, 2.45) is 16.8 Å². The fraction of sp³-hybridized carbons (Fsp3) is 0.270. The zero-order chi connectivity index (χ0) is 34.3. The number of benzene rings is 3. The topological polar surface area (TPSA) is 117 Å². The van der Waals surface area contributed by atoms with Crippen molar-refractivity contribution in [3.63, 3.8) is 0 Å². The lowest BCUT2D eigenvalue weighted by molar-refractivity contribution is -0.133. The van der Waals surface area contributed by atoms with Gasteiger partial charge in [-0.05, 0) is 79.0 Å². The molecule has 12 heteroatoms. The number of esters is 1. The molecule has 3 aliphatic rings. The van der Waals surface area contributed by atoms with Crippen LogP contribution in [0.15, 0.2) is 106 Å². The van der Waals surface area contributed by atoms with Crippen LogP contribution in [0.4, 0.5) is 5.69 Å². The van der Waals surface area contributed by atoms with Crippen LogP contribution in [0.25, 0.3) is 0 Å². The maximum Gasteiger partial charge on any atom is 0.325 e. The van der Waals surface area contributed by atoms with Crippen LogP contribution in [-0.2, 0) is 32.5 Å². The van der Waals surface area contributed by atoms with Gasteiger partial charge in [0.25, 0.3) is 5.91 Å². The summed E-state index contributed by atoms with van der Waals surface area (Å²) in [7, 11) is -2.05. The number of anilines is 1. The highest BCUT2D eigenvalue weighted by molar-refractivity contribution is 7.91. The highest BCUT2D eigenvalue weighted by Crippen LogP contribution is 2.43. The van der Waals surface area contributed by atoms with Gasteiger partial charge >= 0.3 is 5.97 Å². The van der Waals surface area contributed by atoms with Crippen LogP contribution in [0.3, 0.4) is 0 Å². The van der Waals surface area contributed by atoms with Gasteiger partial charge < -0.3 is 9.64 Å². The number of sulfonamides is 1. The average Bonchev–Trinajstić information content (AvgIpc) is 3.70. The molecule has 1 aromatic heterocycles. The number of benzodiazepines with no additional fused rings is 1. The van der Waals surface area contributed by atoms with Crippen LogP contribution < -0.4 is 19.7 Å². The van der Waals surface area contributed by atoms with Gasteiger partial charge in [0.15, 0.2) is 6.17 Å².